The standard InChI is InChI=1S/C14H15F2N3O4.C8H5F2N3O2.C6H11BrO2/c1-14(2,3)23-10(21)7-19-5-4-8(6-9(19)20)12-17-18-13(22-12)11(15)16;9-6(10)8-13-12-7(15-8)4-1-2-11-5(14)3-4;1-6(2,3)9-5(8)4-7/h4-6,11H,7H2,1-3H3;1-3,6H,(H,11,14);4H2,1-3H3. The van der Waals surface area contributed by atoms with Crippen LogP contribution in [0.3, 0.4) is 0 Å². The molecule has 4 heterocycles. The van der Waals surface area contributed by atoms with Gasteiger partial charge < -0.3 is 27.9 Å². The fraction of sp³-hybridized carbons (Fsp3) is 0.429. The zero-order valence-electron chi connectivity index (χ0n) is 25.9. The predicted octanol–water partition coefficient (Wildman–Crippen LogP) is 5.26. The number of pyridine rings is 2. The summed E-state index contributed by atoms with van der Waals surface area (Å²) < 4.78 is 69.6. The normalized spacial score (nSPS) is 11.3. The highest BCUT2D eigenvalue weighted by molar-refractivity contribution is 9.09. The van der Waals surface area contributed by atoms with Crippen molar-refractivity contribution in [1.29, 1.82) is 0 Å². The molecule has 0 atom stereocenters. The summed E-state index contributed by atoms with van der Waals surface area (Å²) in [5.41, 5.74) is -1.41. The van der Waals surface area contributed by atoms with E-state index >= 15 is 0 Å². The molecule has 1 N–H and O–H groups in total. The van der Waals surface area contributed by atoms with Gasteiger partial charge in [-0.25, -0.2) is 0 Å². The molecule has 14 nitrogen and oxygen atoms in total. The van der Waals surface area contributed by atoms with Crippen LogP contribution in [0.25, 0.3) is 22.9 Å². The third-order valence-corrected chi connectivity index (χ3v) is 5.23. The summed E-state index contributed by atoms with van der Waals surface area (Å²) in [5, 5.41) is 13.4. The molecule has 0 amide bonds. The van der Waals surface area contributed by atoms with Crippen LogP contribution in [0, 0.1) is 0 Å². The van der Waals surface area contributed by atoms with Crippen LogP contribution in [0.5, 0.6) is 0 Å². The Hall–Kier alpha value is -4.68. The molecular weight excluding hydrogens is 704 g/mol. The molecule has 0 fully saturated rings. The second kappa shape index (κ2) is 16.8. The third-order valence-electron chi connectivity index (χ3n) is 4.77. The fourth-order valence-corrected chi connectivity index (χ4v) is 3.22. The van der Waals surface area contributed by atoms with Crippen molar-refractivity contribution in [2.24, 2.45) is 0 Å². The smallest absolute Gasteiger partial charge is 0.326 e. The van der Waals surface area contributed by atoms with Gasteiger partial charge in [0.25, 0.3) is 17.3 Å². The molecule has 0 bridgehead atoms. The lowest BCUT2D eigenvalue weighted by atomic mass is 10.2. The Balaban J connectivity index is 0.000000274. The number of hydrogen-bond acceptors (Lipinski definition) is 12. The van der Waals surface area contributed by atoms with Crippen LogP contribution >= 0.6 is 15.9 Å². The molecule has 47 heavy (non-hydrogen) atoms. The van der Waals surface area contributed by atoms with Gasteiger partial charge in [0.1, 0.15) is 23.1 Å². The molecule has 0 aliphatic rings. The molecule has 256 valence electrons. The second-order valence-electron chi connectivity index (χ2n) is 11.1. The first-order valence-corrected chi connectivity index (χ1v) is 14.5. The summed E-state index contributed by atoms with van der Waals surface area (Å²) in [7, 11) is 0. The van der Waals surface area contributed by atoms with Crippen molar-refractivity contribution >= 4 is 27.9 Å². The minimum Gasteiger partial charge on any atom is -0.459 e. The third kappa shape index (κ3) is 13.7. The van der Waals surface area contributed by atoms with Crippen molar-refractivity contribution in [3.8, 4) is 22.9 Å². The van der Waals surface area contributed by atoms with Crippen molar-refractivity contribution in [3.05, 3.63) is 69.1 Å². The summed E-state index contributed by atoms with van der Waals surface area (Å²) in [5.74, 6) is -2.66. The maximum absolute atomic E-state index is 12.4. The fourth-order valence-electron chi connectivity index (χ4n) is 3.11. The molecule has 0 unspecified atom stereocenters. The Morgan fingerprint density at radius 2 is 1.32 bits per heavy atom. The number of H-pyrrole nitrogens is 1. The minimum atomic E-state index is -2.89. The first-order valence-electron chi connectivity index (χ1n) is 13.4. The largest absolute Gasteiger partial charge is 0.459 e. The SMILES string of the molecule is CC(C)(C)OC(=O)CBr.CC(C)(C)OC(=O)Cn1ccc(-c2nnc(C(F)F)o2)cc1=O.O=c1cc(-c2nnc(C(F)F)o2)cc[nH]1. The molecule has 4 rings (SSSR count). The van der Waals surface area contributed by atoms with Gasteiger partial charge >= 0.3 is 24.8 Å². The lowest BCUT2D eigenvalue weighted by molar-refractivity contribution is -0.155. The lowest BCUT2D eigenvalue weighted by Crippen LogP contribution is -2.30. The quantitative estimate of drug-likeness (QED) is 0.148. The number of nitrogens with zero attached hydrogens (tertiary/aromatic N) is 5. The van der Waals surface area contributed by atoms with Gasteiger partial charge in [-0.15, -0.1) is 20.4 Å². The molecule has 0 radical (unpaired) electrons. The van der Waals surface area contributed by atoms with Gasteiger partial charge in [-0.1, -0.05) is 15.9 Å². The molecule has 0 aromatic carbocycles. The van der Waals surface area contributed by atoms with Crippen molar-refractivity contribution < 1.29 is 45.5 Å². The summed E-state index contributed by atoms with van der Waals surface area (Å²) in [6, 6.07) is 5.19. The summed E-state index contributed by atoms with van der Waals surface area (Å²) >= 11 is 2.99. The maximum atomic E-state index is 12.4. The van der Waals surface area contributed by atoms with E-state index in [0.29, 0.717) is 5.56 Å². The van der Waals surface area contributed by atoms with Crippen molar-refractivity contribution in [2.75, 3.05) is 5.33 Å². The highest BCUT2D eigenvalue weighted by atomic mass is 79.9. The van der Waals surface area contributed by atoms with E-state index in [1.807, 2.05) is 20.8 Å². The van der Waals surface area contributed by atoms with Crippen molar-refractivity contribution in [3.63, 3.8) is 0 Å². The number of esters is 2. The first-order chi connectivity index (χ1) is 21.8. The van der Waals surface area contributed by atoms with Crippen LogP contribution in [0.2, 0.25) is 0 Å². The number of rotatable bonds is 7. The van der Waals surface area contributed by atoms with E-state index in [0.717, 1.165) is 10.6 Å². The Morgan fingerprint density at radius 1 is 0.830 bits per heavy atom. The number of alkyl halides is 5. The number of carbonyl (C=O) groups excluding carboxylic acids is 2. The Labute approximate surface area is 272 Å². The van der Waals surface area contributed by atoms with Gasteiger partial charge in [0, 0.05) is 35.7 Å². The maximum Gasteiger partial charge on any atom is 0.326 e. The molecule has 0 spiro atoms. The summed E-state index contributed by atoms with van der Waals surface area (Å²) in [6.45, 7) is 10.4. The van der Waals surface area contributed by atoms with Crippen LogP contribution in [0.4, 0.5) is 17.6 Å². The molecule has 0 saturated heterocycles. The lowest BCUT2D eigenvalue weighted by Gasteiger charge is -2.19. The minimum absolute atomic E-state index is 0.101. The topological polar surface area (TPSA) is 185 Å². The Kier molecular flexibility index (Phi) is 13.7. The Bertz CT molecular complexity index is 1740. The van der Waals surface area contributed by atoms with E-state index in [4.69, 9.17) is 13.9 Å². The molecule has 0 aliphatic heterocycles. The molecular formula is C28H31BrF4N6O8. The zero-order chi connectivity index (χ0) is 35.5. The van der Waals surface area contributed by atoms with Gasteiger partial charge in [0.15, 0.2) is 0 Å². The number of hydrogen-bond donors (Lipinski definition) is 1. The highest BCUT2D eigenvalue weighted by Crippen LogP contribution is 2.23. The number of aromatic amines is 1. The zero-order valence-corrected chi connectivity index (χ0v) is 27.5. The molecule has 19 heteroatoms. The Morgan fingerprint density at radius 3 is 1.70 bits per heavy atom. The number of carbonyl (C=O) groups is 2. The van der Waals surface area contributed by atoms with Crippen LogP contribution in [-0.2, 0) is 25.6 Å². The molecule has 0 aliphatic carbocycles. The van der Waals surface area contributed by atoms with E-state index in [9.17, 15) is 36.7 Å². The molecule has 4 aromatic rings. The van der Waals surface area contributed by atoms with Crippen LogP contribution in [0.1, 0.15) is 66.2 Å². The predicted molar refractivity (Wildman–Crippen MR) is 160 cm³/mol. The monoisotopic (exact) mass is 734 g/mol. The molecule has 0 saturated carbocycles. The average Bonchev–Trinajstić information content (AvgIpc) is 3.64. The number of aromatic nitrogens is 6. The van der Waals surface area contributed by atoms with E-state index in [-0.39, 0.29) is 46.3 Å². The van der Waals surface area contributed by atoms with Gasteiger partial charge in [-0.05, 0) is 53.7 Å². The van der Waals surface area contributed by atoms with E-state index < -0.39 is 41.8 Å². The van der Waals surface area contributed by atoms with Crippen LogP contribution in [0.15, 0.2) is 55.1 Å². The van der Waals surface area contributed by atoms with E-state index in [2.05, 4.69) is 45.7 Å². The van der Waals surface area contributed by atoms with Crippen LogP contribution in [-0.4, -0.2) is 58.4 Å². The van der Waals surface area contributed by atoms with Gasteiger partial charge in [-0.3, -0.25) is 19.2 Å². The van der Waals surface area contributed by atoms with E-state index in [1.165, 1.54) is 30.6 Å². The van der Waals surface area contributed by atoms with Gasteiger partial charge in [-0.2, -0.15) is 17.6 Å². The van der Waals surface area contributed by atoms with Crippen molar-refractivity contribution in [1.82, 2.24) is 29.9 Å². The molecule has 4 aromatic heterocycles. The van der Waals surface area contributed by atoms with Crippen molar-refractivity contribution in [2.45, 2.75) is 72.1 Å². The first kappa shape index (κ1) is 38.5. The average molecular weight is 735 g/mol. The van der Waals surface area contributed by atoms with Gasteiger partial charge in [0.2, 0.25) is 17.3 Å². The van der Waals surface area contributed by atoms with E-state index in [1.54, 1.807) is 20.8 Å². The number of nitrogens with one attached hydrogen (secondary N) is 1. The second-order valence-corrected chi connectivity index (χ2v) is 11.7. The summed E-state index contributed by atoms with van der Waals surface area (Å²) in [6.07, 6.45) is -3.00. The highest BCUT2D eigenvalue weighted by Gasteiger charge is 2.20. The number of ether oxygens (including phenoxy) is 2. The number of halogens is 5. The summed E-state index contributed by atoms with van der Waals surface area (Å²) in [4.78, 5) is 47.5. The van der Waals surface area contributed by atoms with Crippen LogP contribution < -0.4 is 11.1 Å². The van der Waals surface area contributed by atoms with Gasteiger partial charge in [0.05, 0.1) is 0 Å².